The number of nitrogens with one attached hydrogen (secondary N) is 1. The van der Waals surface area contributed by atoms with Crippen molar-refractivity contribution in [3.05, 3.63) is 17.8 Å². The van der Waals surface area contributed by atoms with E-state index < -0.39 is 0 Å². The maximum Gasteiger partial charge on any atom is 0.149 e. The molecule has 1 rings (SSSR count). The predicted molar refractivity (Wildman–Crippen MR) is 56.2 cm³/mol. The minimum absolute atomic E-state index is 0.200. The molecule has 0 aliphatic rings. The van der Waals surface area contributed by atoms with Crippen molar-refractivity contribution in [1.29, 1.82) is 0 Å². The highest BCUT2D eigenvalue weighted by Crippen LogP contribution is 2.07. The van der Waals surface area contributed by atoms with Crippen molar-refractivity contribution in [2.24, 2.45) is 0 Å². The molecule has 1 heterocycles. The molecule has 0 saturated carbocycles. The zero-order chi connectivity index (χ0) is 10.6. The third-order valence-corrected chi connectivity index (χ3v) is 1.88. The first kappa shape index (κ1) is 10.9. The molecular formula is C10H17N3O. The van der Waals surface area contributed by atoms with Gasteiger partial charge < -0.3 is 10.4 Å². The number of aryl methyl sites for hydroxylation is 1. The molecule has 2 atom stereocenters. The Balaban J connectivity index is 2.51. The standard InChI is InChI=1S/C10H17N3O/c1-7-4-10(13-11-6-7)12-8(2)5-9(3)14/h4,6,8-9,14H,5H2,1-3H3,(H,12,13). The molecule has 1 aromatic rings. The predicted octanol–water partition coefficient (Wildman–Crippen LogP) is 1.36. The number of anilines is 1. The van der Waals surface area contributed by atoms with Crippen LogP contribution in [0.5, 0.6) is 0 Å². The summed E-state index contributed by atoms with van der Waals surface area (Å²) in [6, 6.07) is 2.14. The summed E-state index contributed by atoms with van der Waals surface area (Å²) >= 11 is 0. The van der Waals surface area contributed by atoms with Crippen molar-refractivity contribution in [2.45, 2.75) is 39.3 Å². The van der Waals surface area contributed by atoms with Gasteiger partial charge in [0, 0.05) is 6.04 Å². The van der Waals surface area contributed by atoms with E-state index in [4.69, 9.17) is 0 Å². The van der Waals surface area contributed by atoms with Crippen LogP contribution in [0.1, 0.15) is 25.8 Å². The van der Waals surface area contributed by atoms with Crippen LogP contribution in [0.25, 0.3) is 0 Å². The summed E-state index contributed by atoms with van der Waals surface area (Å²) in [5.41, 5.74) is 1.08. The largest absolute Gasteiger partial charge is 0.393 e. The third-order valence-electron chi connectivity index (χ3n) is 1.88. The van der Waals surface area contributed by atoms with Gasteiger partial charge in [-0.15, -0.1) is 5.10 Å². The van der Waals surface area contributed by atoms with Gasteiger partial charge in [0.25, 0.3) is 0 Å². The highest BCUT2D eigenvalue weighted by atomic mass is 16.3. The van der Waals surface area contributed by atoms with Gasteiger partial charge in [-0.25, -0.2) is 0 Å². The van der Waals surface area contributed by atoms with E-state index in [2.05, 4.69) is 15.5 Å². The highest BCUT2D eigenvalue weighted by molar-refractivity contribution is 5.35. The zero-order valence-electron chi connectivity index (χ0n) is 8.86. The van der Waals surface area contributed by atoms with Crippen molar-refractivity contribution in [3.8, 4) is 0 Å². The highest BCUT2D eigenvalue weighted by Gasteiger charge is 2.06. The van der Waals surface area contributed by atoms with Crippen LogP contribution in [-0.4, -0.2) is 27.4 Å². The van der Waals surface area contributed by atoms with Crippen LogP contribution in [0.3, 0.4) is 0 Å². The molecule has 2 unspecified atom stereocenters. The Hall–Kier alpha value is -1.16. The Morgan fingerprint density at radius 3 is 2.79 bits per heavy atom. The molecule has 0 amide bonds. The van der Waals surface area contributed by atoms with E-state index in [-0.39, 0.29) is 12.1 Å². The number of hydrogen-bond acceptors (Lipinski definition) is 4. The van der Waals surface area contributed by atoms with Crippen molar-refractivity contribution in [1.82, 2.24) is 10.2 Å². The molecule has 0 bridgehead atoms. The molecule has 4 heteroatoms. The van der Waals surface area contributed by atoms with Gasteiger partial charge in [-0.3, -0.25) is 0 Å². The van der Waals surface area contributed by atoms with Gasteiger partial charge in [0.2, 0.25) is 0 Å². The van der Waals surface area contributed by atoms with Crippen LogP contribution in [0, 0.1) is 6.92 Å². The summed E-state index contributed by atoms with van der Waals surface area (Å²) in [5, 5.41) is 20.1. The molecule has 0 fully saturated rings. The summed E-state index contributed by atoms with van der Waals surface area (Å²) in [5.74, 6) is 0.762. The summed E-state index contributed by atoms with van der Waals surface area (Å²) in [6.07, 6.45) is 2.12. The van der Waals surface area contributed by atoms with Crippen molar-refractivity contribution in [2.75, 3.05) is 5.32 Å². The second-order valence-electron chi connectivity index (χ2n) is 3.75. The van der Waals surface area contributed by atoms with Gasteiger partial charge in [-0.1, -0.05) is 0 Å². The quantitative estimate of drug-likeness (QED) is 0.761. The van der Waals surface area contributed by atoms with E-state index in [1.165, 1.54) is 0 Å². The lowest BCUT2D eigenvalue weighted by Crippen LogP contribution is -2.21. The van der Waals surface area contributed by atoms with Crippen LogP contribution < -0.4 is 5.32 Å². The Morgan fingerprint density at radius 1 is 1.50 bits per heavy atom. The summed E-state index contributed by atoms with van der Waals surface area (Å²) in [7, 11) is 0. The van der Waals surface area contributed by atoms with Crippen LogP contribution in [0.15, 0.2) is 12.3 Å². The van der Waals surface area contributed by atoms with Crippen LogP contribution >= 0.6 is 0 Å². The smallest absolute Gasteiger partial charge is 0.149 e. The fourth-order valence-electron chi connectivity index (χ4n) is 1.36. The third kappa shape index (κ3) is 3.70. The zero-order valence-corrected chi connectivity index (χ0v) is 8.86. The van der Waals surface area contributed by atoms with Crippen LogP contribution in [-0.2, 0) is 0 Å². The molecule has 0 aliphatic carbocycles. The Kier molecular flexibility index (Phi) is 3.83. The number of aromatic nitrogens is 2. The second-order valence-corrected chi connectivity index (χ2v) is 3.75. The maximum absolute atomic E-state index is 9.18. The van der Waals surface area contributed by atoms with Crippen LogP contribution in [0.4, 0.5) is 5.82 Å². The molecule has 0 aliphatic heterocycles. The molecule has 2 N–H and O–H groups in total. The number of rotatable bonds is 4. The van der Waals surface area contributed by atoms with Gasteiger partial charge in [0.05, 0.1) is 12.3 Å². The first-order valence-corrected chi connectivity index (χ1v) is 4.82. The lowest BCUT2D eigenvalue weighted by Gasteiger charge is -2.15. The van der Waals surface area contributed by atoms with Gasteiger partial charge in [-0.2, -0.15) is 5.10 Å². The van der Waals surface area contributed by atoms with Crippen LogP contribution in [0.2, 0.25) is 0 Å². The molecule has 1 aromatic heterocycles. The topological polar surface area (TPSA) is 58.0 Å². The van der Waals surface area contributed by atoms with E-state index in [1.54, 1.807) is 13.1 Å². The molecule has 14 heavy (non-hydrogen) atoms. The number of aliphatic hydroxyl groups excluding tert-OH is 1. The normalized spacial score (nSPS) is 14.9. The lowest BCUT2D eigenvalue weighted by molar-refractivity contribution is 0.179. The Morgan fingerprint density at radius 2 is 2.21 bits per heavy atom. The van der Waals surface area contributed by atoms with Crippen molar-refractivity contribution in [3.63, 3.8) is 0 Å². The first-order valence-electron chi connectivity index (χ1n) is 4.82. The van der Waals surface area contributed by atoms with Gasteiger partial charge in [0.1, 0.15) is 5.82 Å². The Bertz CT molecular complexity index is 288. The monoisotopic (exact) mass is 195 g/mol. The average molecular weight is 195 g/mol. The second kappa shape index (κ2) is 4.91. The van der Waals surface area contributed by atoms with E-state index >= 15 is 0 Å². The summed E-state index contributed by atoms with van der Waals surface area (Å²) in [6.45, 7) is 5.76. The molecule has 0 aromatic carbocycles. The molecule has 78 valence electrons. The van der Waals surface area contributed by atoms with E-state index in [0.717, 1.165) is 11.4 Å². The first-order chi connectivity index (χ1) is 6.58. The minimum Gasteiger partial charge on any atom is -0.393 e. The average Bonchev–Trinajstić information content (AvgIpc) is 2.01. The van der Waals surface area contributed by atoms with Gasteiger partial charge in [0.15, 0.2) is 0 Å². The summed E-state index contributed by atoms with van der Waals surface area (Å²) in [4.78, 5) is 0. The van der Waals surface area contributed by atoms with Gasteiger partial charge in [-0.05, 0) is 38.8 Å². The lowest BCUT2D eigenvalue weighted by atomic mass is 10.1. The van der Waals surface area contributed by atoms with E-state index in [9.17, 15) is 5.11 Å². The van der Waals surface area contributed by atoms with Crippen molar-refractivity contribution >= 4 is 5.82 Å². The fourth-order valence-corrected chi connectivity index (χ4v) is 1.36. The van der Waals surface area contributed by atoms with Crippen molar-refractivity contribution < 1.29 is 5.11 Å². The molecule has 0 spiro atoms. The Labute approximate surface area is 84.4 Å². The number of nitrogens with zero attached hydrogens (tertiary/aromatic N) is 2. The summed E-state index contributed by atoms with van der Waals surface area (Å²) < 4.78 is 0. The molecular weight excluding hydrogens is 178 g/mol. The number of hydrogen-bond donors (Lipinski definition) is 2. The van der Waals surface area contributed by atoms with Gasteiger partial charge >= 0.3 is 0 Å². The van der Waals surface area contributed by atoms with E-state index in [1.807, 2.05) is 19.9 Å². The molecule has 0 radical (unpaired) electrons. The minimum atomic E-state index is -0.296. The SMILES string of the molecule is Cc1cnnc(NC(C)CC(C)O)c1. The van der Waals surface area contributed by atoms with E-state index in [0.29, 0.717) is 6.42 Å². The molecule has 4 nitrogen and oxygen atoms in total. The fraction of sp³-hybridized carbons (Fsp3) is 0.600. The molecule has 0 saturated heterocycles. The number of aliphatic hydroxyl groups is 1. The maximum atomic E-state index is 9.18.